The average Bonchev–Trinajstić information content (AvgIpc) is 2.56. The van der Waals surface area contributed by atoms with Gasteiger partial charge in [0, 0.05) is 18.0 Å². The zero-order valence-corrected chi connectivity index (χ0v) is 12.3. The Hall–Kier alpha value is -0.570. The lowest BCUT2D eigenvalue weighted by Crippen LogP contribution is -2.53. The fourth-order valence-corrected chi connectivity index (χ4v) is 3.03. The number of carbonyl (C=O) groups excluding carboxylic acids is 1. The van der Waals surface area contributed by atoms with Crippen LogP contribution in [0.3, 0.4) is 0 Å². The first kappa shape index (κ1) is 15.5. The van der Waals surface area contributed by atoms with Crippen LogP contribution in [0.15, 0.2) is 0 Å². The van der Waals surface area contributed by atoms with Gasteiger partial charge in [0.25, 0.3) is 0 Å². The Kier molecular flexibility index (Phi) is 6.13. The van der Waals surface area contributed by atoms with E-state index in [4.69, 9.17) is 5.73 Å². The van der Waals surface area contributed by atoms with E-state index in [9.17, 15) is 4.79 Å². The first-order chi connectivity index (χ1) is 8.47. The third kappa shape index (κ3) is 4.97. The van der Waals surface area contributed by atoms with Crippen LogP contribution in [0.4, 0.5) is 0 Å². The Balaban J connectivity index is 2.54. The molecule has 1 atom stereocenters. The van der Waals surface area contributed by atoms with E-state index in [1.807, 2.05) is 0 Å². The smallest absolute Gasteiger partial charge is 0.223 e. The predicted molar refractivity (Wildman–Crippen MR) is 76.2 cm³/mol. The summed E-state index contributed by atoms with van der Waals surface area (Å²) in [6, 6.07) is 0. The van der Waals surface area contributed by atoms with Gasteiger partial charge < -0.3 is 11.1 Å². The Labute approximate surface area is 112 Å². The zero-order chi connectivity index (χ0) is 13.6. The summed E-state index contributed by atoms with van der Waals surface area (Å²) in [5, 5.41) is 3.21. The van der Waals surface area contributed by atoms with Crippen molar-refractivity contribution in [1.82, 2.24) is 5.32 Å². The molecule has 1 rings (SSSR count). The standard InChI is InChI=1S/C15H30N2O/c1-12(2)10-15(3,11-16)17-14(18)13-8-6-4-5-7-9-13/h12-13H,4-11,16H2,1-3H3,(H,17,18). The Morgan fingerprint density at radius 3 is 2.28 bits per heavy atom. The van der Waals surface area contributed by atoms with Crippen molar-refractivity contribution in [1.29, 1.82) is 0 Å². The highest BCUT2D eigenvalue weighted by Crippen LogP contribution is 2.24. The van der Waals surface area contributed by atoms with Crippen LogP contribution < -0.4 is 11.1 Å². The molecule has 0 aliphatic heterocycles. The van der Waals surface area contributed by atoms with Gasteiger partial charge in [-0.05, 0) is 32.1 Å². The Bertz CT molecular complexity index is 257. The highest BCUT2D eigenvalue weighted by Gasteiger charge is 2.29. The van der Waals surface area contributed by atoms with Gasteiger partial charge in [-0.2, -0.15) is 0 Å². The van der Waals surface area contributed by atoms with Crippen molar-refractivity contribution in [3.05, 3.63) is 0 Å². The molecule has 3 nitrogen and oxygen atoms in total. The molecule has 1 fully saturated rings. The first-order valence-electron chi connectivity index (χ1n) is 7.49. The van der Waals surface area contributed by atoms with Gasteiger partial charge in [-0.1, -0.05) is 39.5 Å². The van der Waals surface area contributed by atoms with Crippen LogP contribution in [0.25, 0.3) is 0 Å². The van der Waals surface area contributed by atoms with Gasteiger partial charge in [-0.25, -0.2) is 0 Å². The molecular formula is C15H30N2O. The molecule has 0 saturated heterocycles. The lowest BCUT2D eigenvalue weighted by molar-refractivity contribution is -0.127. The quantitative estimate of drug-likeness (QED) is 0.741. The predicted octanol–water partition coefficient (Wildman–Crippen LogP) is 2.84. The van der Waals surface area contributed by atoms with Crippen molar-refractivity contribution in [2.24, 2.45) is 17.6 Å². The number of nitrogens with two attached hydrogens (primary N) is 1. The van der Waals surface area contributed by atoms with E-state index in [0.717, 1.165) is 19.3 Å². The summed E-state index contributed by atoms with van der Waals surface area (Å²) in [4.78, 5) is 12.3. The molecule has 0 aromatic rings. The minimum Gasteiger partial charge on any atom is -0.349 e. The zero-order valence-electron chi connectivity index (χ0n) is 12.3. The lowest BCUT2D eigenvalue weighted by atomic mass is 9.89. The molecule has 0 spiro atoms. The maximum atomic E-state index is 12.3. The fourth-order valence-electron chi connectivity index (χ4n) is 3.03. The molecule has 1 aliphatic carbocycles. The first-order valence-corrected chi connectivity index (χ1v) is 7.49. The van der Waals surface area contributed by atoms with Gasteiger partial charge in [0.2, 0.25) is 5.91 Å². The van der Waals surface area contributed by atoms with Gasteiger partial charge in [0.1, 0.15) is 0 Å². The van der Waals surface area contributed by atoms with Crippen LogP contribution >= 0.6 is 0 Å². The van der Waals surface area contributed by atoms with Crippen molar-refractivity contribution in [3.8, 4) is 0 Å². The average molecular weight is 254 g/mol. The summed E-state index contributed by atoms with van der Waals surface area (Å²) in [5.41, 5.74) is 5.61. The number of amides is 1. The van der Waals surface area contributed by atoms with Crippen LogP contribution in [0.5, 0.6) is 0 Å². The van der Waals surface area contributed by atoms with E-state index in [0.29, 0.717) is 12.5 Å². The molecule has 106 valence electrons. The minimum absolute atomic E-state index is 0.213. The van der Waals surface area contributed by atoms with Crippen LogP contribution in [-0.2, 0) is 4.79 Å². The molecule has 0 radical (unpaired) electrons. The van der Waals surface area contributed by atoms with E-state index in [1.165, 1.54) is 25.7 Å². The SMILES string of the molecule is CC(C)CC(C)(CN)NC(=O)C1CCCCCC1. The number of carbonyl (C=O) groups is 1. The maximum absolute atomic E-state index is 12.3. The fraction of sp³-hybridized carbons (Fsp3) is 0.933. The molecule has 18 heavy (non-hydrogen) atoms. The van der Waals surface area contributed by atoms with Crippen LogP contribution in [0, 0.1) is 11.8 Å². The van der Waals surface area contributed by atoms with Crippen molar-refractivity contribution in [3.63, 3.8) is 0 Å². The summed E-state index contributed by atoms with van der Waals surface area (Å²) < 4.78 is 0. The second-order valence-electron chi connectivity index (χ2n) is 6.54. The number of rotatable bonds is 5. The van der Waals surface area contributed by atoms with Crippen LogP contribution in [-0.4, -0.2) is 18.0 Å². The van der Waals surface area contributed by atoms with Gasteiger partial charge in [0.15, 0.2) is 0 Å². The molecule has 1 amide bonds. The van der Waals surface area contributed by atoms with E-state index < -0.39 is 0 Å². The maximum Gasteiger partial charge on any atom is 0.223 e. The molecule has 0 bridgehead atoms. The van der Waals surface area contributed by atoms with Gasteiger partial charge >= 0.3 is 0 Å². The second kappa shape index (κ2) is 7.13. The summed E-state index contributed by atoms with van der Waals surface area (Å²) in [5.74, 6) is 0.990. The molecule has 0 aromatic carbocycles. The summed E-state index contributed by atoms with van der Waals surface area (Å²) in [7, 11) is 0. The molecule has 0 aromatic heterocycles. The Morgan fingerprint density at radius 1 is 1.28 bits per heavy atom. The number of hydrogen-bond donors (Lipinski definition) is 2. The lowest BCUT2D eigenvalue weighted by Gasteiger charge is -2.32. The van der Waals surface area contributed by atoms with Crippen molar-refractivity contribution in [2.75, 3.05) is 6.54 Å². The van der Waals surface area contributed by atoms with Crippen molar-refractivity contribution < 1.29 is 4.79 Å². The monoisotopic (exact) mass is 254 g/mol. The highest BCUT2D eigenvalue weighted by atomic mass is 16.2. The van der Waals surface area contributed by atoms with E-state index >= 15 is 0 Å². The summed E-state index contributed by atoms with van der Waals surface area (Å²) in [6.45, 7) is 6.93. The largest absolute Gasteiger partial charge is 0.349 e. The van der Waals surface area contributed by atoms with E-state index in [2.05, 4.69) is 26.1 Å². The summed E-state index contributed by atoms with van der Waals surface area (Å²) in [6.07, 6.45) is 8.00. The molecule has 3 N–H and O–H groups in total. The van der Waals surface area contributed by atoms with Gasteiger partial charge in [0.05, 0.1) is 0 Å². The number of hydrogen-bond acceptors (Lipinski definition) is 2. The third-order valence-corrected chi connectivity index (χ3v) is 3.96. The van der Waals surface area contributed by atoms with Crippen LogP contribution in [0.2, 0.25) is 0 Å². The van der Waals surface area contributed by atoms with E-state index in [1.54, 1.807) is 0 Å². The van der Waals surface area contributed by atoms with Gasteiger partial charge in [-0.15, -0.1) is 0 Å². The topological polar surface area (TPSA) is 55.1 Å². The third-order valence-electron chi connectivity index (χ3n) is 3.96. The summed E-state index contributed by atoms with van der Waals surface area (Å²) >= 11 is 0. The Morgan fingerprint density at radius 2 is 1.83 bits per heavy atom. The number of nitrogens with one attached hydrogen (secondary N) is 1. The second-order valence-corrected chi connectivity index (χ2v) is 6.54. The van der Waals surface area contributed by atoms with Crippen molar-refractivity contribution in [2.45, 2.75) is 71.3 Å². The normalized spacial score (nSPS) is 21.4. The van der Waals surface area contributed by atoms with Crippen molar-refractivity contribution >= 4 is 5.91 Å². The molecular weight excluding hydrogens is 224 g/mol. The van der Waals surface area contributed by atoms with Crippen LogP contribution in [0.1, 0.15) is 65.7 Å². The van der Waals surface area contributed by atoms with Gasteiger partial charge in [-0.3, -0.25) is 4.79 Å². The minimum atomic E-state index is -0.239. The molecule has 1 saturated carbocycles. The molecule has 1 unspecified atom stereocenters. The highest BCUT2D eigenvalue weighted by molar-refractivity contribution is 5.79. The molecule has 3 heteroatoms. The molecule has 0 heterocycles. The molecule has 1 aliphatic rings. The van der Waals surface area contributed by atoms with E-state index in [-0.39, 0.29) is 17.4 Å².